The Hall–Kier alpha value is -0.610. The Balaban J connectivity index is 2.47. The Morgan fingerprint density at radius 2 is 2.29 bits per heavy atom. The van der Waals surface area contributed by atoms with E-state index < -0.39 is 0 Å². The zero-order valence-electron chi connectivity index (χ0n) is 8.62. The number of aryl methyl sites for hydroxylation is 1. The number of rotatable bonds is 1. The highest BCUT2D eigenvalue weighted by molar-refractivity contribution is 6.28. The summed E-state index contributed by atoms with van der Waals surface area (Å²) in [6, 6.07) is 0. The van der Waals surface area contributed by atoms with Crippen molar-refractivity contribution in [2.45, 2.75) is 38.8 Å². The molecule has 5 heteroatoms. The lowest BCUT2D eigenvalue weighted by Crippen LogP contribution is -2.37. The molecular formula is C9H14ClN3O. The molecule has 0 amide bonds. The molecule has 1 aromatic rings. The molecule has 2 atom stereocenters. The average Bonchev–Trinajstić information content (AvgIpc) is 2.60. The molecule has 1 aliphatic rings. The summed E-state index contributed by atoms with van der Waals surface area (Å²) in [6.07, 6.45) is 1.10. The van der Waals surface area contributed by atoms with Gasteiger partial charge in [-0.2, -0.15) is 0 Å². The molecule has 78 valence electrons. The van der Waals surface area contributed by atoms with E-state index in [4.69, 9.17) is 16.3 Å². The molecule has 0 aromatic carbocycles. The van der Waals surface area contributed by atoms with Gasteiger partial charge < -0.3 is 4.74 Å². The van der Waals surface area contributed by atoms with Crippen LogP contribution in [0.1, 0.15) is 26.1 Å². The predicted octanol–water partition coefficient (Wildman–Crippen LogP) is 1.76. The summed E-state index contributed by atoms with van der Waals surface area (Å²) >= 11 is 6.01. The average molecular weight is 216 g/mol. The number of halogens is 1. The summed E-state index contributed by atoms with van der Waals surface area (Å²) in [6.45, 7) is 6.87. The van der Waals surface area contributed by atoms with Crippen molar-refractivity contribution in [2.75, 3.05) is 6.61 Å². The van der Waals surface area contributed by atoms with Gasteiger partial charge in [-0.05, 0) is 38.8 Å². The van der Waals surface area contributed by atoms with Crippen molar-refractivity contribution in [2.24, 2.45) is 0 Å². The van der Waals surface area contributed by atoms with Gasteiger partial charge in [0.05, 0.1) is 11.6 Å². The standard InChI is InChI=1S/C9H14ClN3O/c1-6-9(3,4-5-14-6)13-7(2)11-12-8(13)10/h6H,4-5H2,1-3H3. The van der Waals surface area contributed by atoms with Crippen molar-refractivity contribution < 1.29 is 4.74 Å². The summed E-state index contributed by atoms with van der Waals surface area (Å²) in [4.78, 5) is 0. The van der Waals surface area contributed by atoms with E-state index in [-0.39, 0.29) is 11.6 Å². The third-order valence-electron chi connectivity index (χ3n) is 3.15. The highest BCUT2D eigenvalue weighted by Gasteiger charge is 2.41. The van der Waals surface area contributed by atoms with Gasteiger partial charge in [0, 0.05) is 6.61 Å². The molecule has 14 heavy (non-hydrogen) atoms. The minimum atomic E-state index is -0.106. The number of nitrogens with zero attached hydrogens (tertiary/aromatic N) is 3. The second-order valence-corrected chi connectivity index (χ2v) is 4.31. The molecule has 2 rings (SSSR count). The molecule has 0 saturated carbocycles. The smallest absolute Gasteiger partial charge is 0.225 e. The van der Waals surface area contributed by atoms with Crippen molar-refractivity contribution in [1.82, 2.24) is 14.8 Å². The van der Waals surface area contributed by atoms with E-state index in [0.717, 1.165) is 18.9 Å². The molecule has 2 unspecified atom stereocenters. The molecule has 1 aromatic heterocycles. The Kier molecular flexibility index (Phi) is 2.27. The van der Waals surface area contributed by atoms with Crippen LogP contribution in [0.25, 0.3) is 0 Å². The molecule has 1 fully saturated rings. The van der Waals surface area contributed by atoms with E-state index in [2.05, 4.69) is 24.0 Å². The van der Waals surface area contributed by atoms with Crippen molar-refractivity contribution in [3.8, 4) is 0 Å². The zero-order chi connectivity index (χ0) is 10.3. The second-order valence-electron chi connectivity index (χ2n) is 3.97. The van der Waals surface area contributed by atoms with Crippen molar-refractivity contribution in [3.05, 3.63) is 11.1 Å². The van der Waals surface area contributed by atoms with E-state index in [0.29, 0.717) is 5.28 Å². The Bertz CT molecular complexity index is 332. The fourth-order valence-electron chi connectivity index (χ4n) is 2.04. The Morgan fingerprint density at radius 3 is 2.71 bits per heavy atom. The highest BCUT2D eigenvalue weighted by Crippen LogP contribution is 2.35. The second kappa shape index (κ2) is 3.21. The SMILES string of the molecule is Cc1nnc(Cl)n1C1(C)CCOC1C. The first-order chi connectivity index (χ1) is 6.55. The van der Waals surface area contributed by atoms with Crippen molar-refractivity contribution in [1.29, 1.82) is 0 Å². The van der Waals surface area contributed by atoms with Crippen LogP contribution in [0.3, 0.4) is 0 Å². The molecule has 1 aliphatic heterocycles. The van der Waals surface area contributed by atoms with Gasteiger partial charge in [0.2, 0.25) is 5.28 Å². The molecule has 0 radical (unpaired) electrons. The van der Waals surface area contributed by atoms with Crippen LogP contribution in [0, 0.1) is 6.92 Å². The summed E-state index contributed by atoms with van der Waals surface area (Å²) < 4.78 is 7.53. The summed E-state index contributed by atoms with van der Waals surface area (Å²) in [7, 11) is 0. The van der Waals surface area contributed by atoms with Gasteiger partial charge in [-0.25, -0.2) is 0 Å². The van der Waals surface area contributed by atoms with Crippen LogP contribution in [0.2, 0.25) is 5.28 Å². The first-order valence-corrected chi connectivity index (χ1v) is 5.13. The minimum Gasteiger partial charge on any atom is -0.376 e. The Labute approximate surface area is 88.2 Å². The van der Waals surface area contributed by atoms with Gasteiger partial charge in [0.1, 0.15) is 5.82 Å². The van der Waals surface area contributed by atoms with Gasteiger partial charge in [0.25, 0.3) is 0 Å². The summed E-state index contributed by atoms with van der Waals surface area (Å²) in [5, 5.41) is 8.28. The van der Waals surface area contributed by atoms with Crippen LogP contribution >= 0.6 is 11.6 Å². The van der Waals surface area contributed by atoms with Gasteiger partial charge in [0.15, 0.2) is 0 Å². The molecule has 4 nitrogen and oxygen atoms in total. The largest absolute Gasteiger partial charge is 0.376 e. The molecular weight excluding hydrogens is 202 g/mol. The molecule has 0 bridgehead atoms. The van der Waals surface area contributed by atoms with Gasteiger partial charge in [-0.15, -0.1) is 10.2 Å². The van der Waals surface area contributed by atoms with Gasteiger partial charge in [-0.1, -0.05) is 0 Å². The molecule has 0 N–H and O–H groups in total. The summed E-state index contributed by atoms with van der Waals surface area (Å²) in [5.74, 6) is 0.842. The third-order valence-corrected chi connectivity index (χ3v) is 3.39. The fraction of sp³-hybridized carbons (Fsp3) is 0.778. The van der Waals surface area contributed by atoms with E-state index in [1.807, 2.05) is 11.5 Å². The molecule has 0 spiro atoms. The topological polar surface area (TPSA) is 39.9 Å². The van der Waals surface area contributed by atoms with E-state index in [9.17, 15) is 0 Å². The maximum atomic E-state index is 6.01. The van der Waals surface area contributed by atoms with Crippen LogP contribution < -0.4 is 0 Å². The van der Waals surface area contributed by atoms with Crippen LogP contribution in [-0.2, 0) is 10.3 Å². The monoisotopic (exact) mass is 215 g/mol. The summed E-state index contributed by atoms with van der Waals surface area (Å²) in [5.41, 5.74) is -0.106. The zero-order valence-corrected chi connectivity index (χ0v) is 9.38. The fourth-order valence-corrected chi connectivity index (χ4v) is 2.39. The minimum absolute atomic E-state index is 0.106. The lowest BCUT2D eigenvalue weighted by atomic mass is 9.94. The maximum absolute atomic E-state index is 6.01. The number of ether oxygens (including phenoxy) is 1. The normalized spacial score (nSPS) is 32.4. The highest BCUT2D eigenvalue weighted by atomic mass is 35.5. The quantitative estimate of drug-likeness (QED) is 0.717. The van der Waals surface area contributed by atoms with Crippen LogP contribution in [0.4, 0.5) is 0 Å². The van der Waals surface area contributed by atoms with Gasteiger partial charge in [-0.3, -0.25) is 4.57 Å². The molecule has 2 heterocycles. The van der Waals surface area contributed by atoms with E-state index in [1.165, 1.54) is 0 Å². The van der Waals surface area contributed by atoms with E-state index in [1.54, 1.807) is 0 Å². The Morgan fingerprint density at radius 1 is 1.57 bits per heavy atom. The van der Waals surface area contributed by atoms with Crippen molar-refractivity contribution >= 4 is 11.6 Å². The van der Waals surface area contributed by atoms with Gasteiger partial charge >= 0.3 is 0 Å². The van der Waals surface area contributed by atoms with Crippen LogP contribution in [-0.4, -0.2) is 27.5 Å². The van der Waals surface area contributed by atoms with Crippen molar-refractivity contribution in [3.63, 3.8) is 0 Å². The van der Waals surface area contributed by atoms with Crippen LogP contribution in [0.5, 0.6) is 0 Å². The molecule has 0 aliphatic carbocycles. The predicted molar refractivity (Wildman–Crippen MR) is 53.4 cm³/mol. The number of hydrogen-bond acceptors (Lipinski definition) is 3. The van der Waals surface area contributed by atoms with Crippen LogP contribution in [0.15, 0.2) is 0 Å². The number of aromatic nitrogens is 3. The third kappa shape index (κ3) is 1.25. The molecule has 1 saturated heterocycles. The first-order valence-electron chi connectivity index (χ1n) is 4.75. The lowest BCUT2D eigenvalue weighted by Gasteiger charge is -2.30. The lowest BCUT2D eigenvalue weighted by molar-refractivity contribution is 0.0751. The maximum Gasteiger partial charge on any atom is 0.225 e. The number of hydrogen-bond donors (Lipinski definition) is 0. The van der Waals surface area contributed by atoms with E-state index >= 15 is 0 Å². The first kappa shape index (κ1) is 9.93.